The summed E-state index contributed by atoms with van der Waals surface area (Å²) in [7, 11) is 0. The Balaban J connectivity index is 2.16. The van der Waals surface area contributed by atoms with Gasteiger partial charge in [0.2, 0.25) is 0 Å². The fourth-order valence-corrected chi connectivity index (χ4v) is 2.23. The van der Waals surface area contributed by atoms with Crippen LogP contribution in [0.5, 0.6) is 0 Å². The van der Waals surface area contributed by atoms with Crippen LogP contribution in [0.2, 0.25) is 0 Å². The van der Waals surface area contributed by atoms with Gasteiger partial charge >= 0.3 is 0 Å². The van der Waals surface area contributed by atoms with Gasteiger partial charge in [-0.2, -0.15) is 0 Å². The summed E-state index contributed by atoms with van der Waals surface area (Å²) in [5.41, 5.74) is 1.33. The molecule has 0 spiro atoms. The summed E-state index contributed by atoms with van der Waals surface area (Å²) in [5, 5.41) is 2.62. The van der Waals surface area contributed by atoms with Crippen LogP contribution in [0.1, 0.15) is 18.0 Å². The zero-order valence-corrected chi connectivity index (χ0v) is 9.01. The summed E-state index contributed by atoms with van der Waals surface area (Å²) >= 11 is 0. The van der Waals surface area contributed by atoms with Gasteiger partial charge in [0.05, 0.1) is 6.04 Å². The van der Waals surface area contributed by atoms with E-state index in [4.69, 9.17) is 0 Å². The molecule has 3 rings (SSSR count). The molecule has 0 amide bonds. The zero-order chi connectivity index (χ0) is 10.8. The standard InChI is InChI=1S/C15H13N/c1-2-8-13-12(6-1)7-5-9-14(13)15-10-3-4-11-16-15/h1-9,11,15H,10H2. The molecule has 1 heteroatoms. The van der Waals surface area contributed by atoms with E-state index >= 15 is 0 Å². The summed E-state index contributed by atoms with van der Waals surface area (Å²) in [6, 6.07) is 15.2. The van der Waals surface area contributed by atoms with Gasteiger partial charge in [-0.1, -0.05) is 48.5 Å². The molecule has 0 aromatic heterocycles. The van der Waals surface area contributed by atoms with Gasteiger partial charge in [0.25, 0.3) is 0 Å². The molecule has 2 aromatic carbocycles. The van der Waals surface area contributed by atoms with Crippen LogP contribution in [0.3, 0.4) is 0 Å². The number of dihydropyridines is 1. The Morgan fingerprint density at radius 3 is 2.75 bits per heavy atom. The second-order valence-electron chi connectivity index (χ2n) is 4.05. The highest BCUT2D eigenvalue weighted by Crippen LogP contribution is 2.29. The Kier molecular flexibility index (Phi) is 2.30. The summed E-state index contributed by atoms with van der Waals surface area (Å²) in [6.45, 7) is 0. The van der Waals surface area contributed by atoms with Crippen molar-refractivity contribution in [3.63, 3.8) is 0 Å². The average Bonchev–Trinajstić information content (AvgIpc) is 2.39. The summed E-state index contributed by atoms with van der Waals surface area (Å²) in [4.78, 5) is 4.54. The lowest BCUT2D eigenvalue weighted by atomic mass is 9.96. The van der Waals surface area contributed by atoms with Crippen LogP contribution in [0.4, 0.5) is 0 Å². The predicted octanol–water partition coefficient (Wildman–Crippen LogP) is 3.91. The van der Waals surface area contributed by atoms with E-state index in [1.165, 1.54) is 16.3 Å². The minimum absolute atomic E-state index is 0.288. The molecule has 78 valence electrons. The molecule has 0 N–H and O–H groups in total. The van der Waals surface area contributed by atoms with E-state index in [0.29, 0.717) is 0 Å². The highest BCUT2D eigenvalue weighted by molar-refractivity contribution is 5.86. The van der Waals surface area contributed by atoms with Crippen LogP contribution in [0, 0.1) is 0 Å². The maximum atomic E-state index is 4.54. The number of hydrogen-bond donors (Lipinski definition) is 0. The van der Waals surface area contributed by atoms with Gasteiger partial charge in [-0.25, -0.2) is 0 Å². The first-order valence-electron chi connectivity index (χ1n) is 5.61. The quantitative estimate of drug-likeness (QED) is 0.672. The first-order valence-corrected chi connectivity index (χ1v) is 5.61. The minimum Gasteiger partial charge on any atom is -0.285 e. The van der Waals surface area contributed by atoms with Crippen LogP contribution >= 0.6 is 0 Å². The molecule has 1 aliphatic heterocycles. The Morgan fingerprint density at radius 1 is 1.00 bits per heavy atom. The monoisotopic (exact) mass is 207 g/mol. The lowest BCUT2D eigenvalue weighted by molar-refractivity contribution is 0.747. The molecule has 0 fully saturated rings. The van der Waals surface area contributed by atoms with Crippen LogP contribution in [0.15, 0.2) is 59.6 Å². The SMILES string of the molecule is C1=CCC(c2cccc3ccccc23)N=C1. The Hall–Kier alpha value is -1.89. The van der Waals surface area contributed by atoms with Crippen molar-refractivity contribution in [1.82, 2.24) is 0 Å². The molecular weight excluding hydrogens is 194 g/mol. The summed E-state index contributed by atoms with van der Waals surface area (Å²) < 4.78 is 0. The number of hydrogen-bond acceptors (Lipinski definition) is 1. The van der Waals surface area contributed by atoms with Gasteiger partial charge in [-0.15, -0.1) is 0 Å². The number of fused-ring (bicyclic) bond motifs is 1. The van der Waals surface area contributed by atoms with E-state index in [9.17, 15) is 0 Å². The van der Waals surface area contributed by atoms with Crippen LogP contribution in [0.25, 0.3) is 10.8 Å². The van der Waals surface area contributed by atoms with Crippen molar-refractivity contribution in [2.75, 3.05) is 0 Å². The van der Waals surface area contributed by atoms with Crippen molar-refractivity contribution in [2.24, 2.45) is 4.99 Å². The molecule has 1 atom stereocenters. The molecule has 0 aliphatic carbocycles. The van der Waals surface area contributed by atoms with Crippen molar-refractivity contribution in [3.8, 4) is 0 Å². The fourth-order valence-electron chi connectivity index (χ4n) is 2.23. The lowest BCUT2D eigenvalue weighted by Crippen LogP contribution is -1.98. The number of nitrogens with zero attached hydrogens (tertiary/aromatic N) is 1. The Morgan fingerprint density at radius 2 is 1.88 bits per heavy atom. The molecule has 1 aliphatic rings. The van der Waals surface area contributed by atoms with Crippen molar-refractivity contribution in [3.05, 3.63) is 60.2 Å². The van der Waals surface area contributed by atoms with Crippen LogP contribution < -0.4 is 0 Å². The van der Waals surface area contributed by atoms with Crippen molar-refractivity contribution in [1.29, 1.82) is 0 Å². The van der Waals surface area contributed by atoms with Gasteiger partial charge in [0.1, 0.15) is 0 Å². The van der Waals surface area contributed by atoms with E-state index in [0.717, 1.165) is 6.42 Å². The zero-order valence-electron chi connectivity index (χ0n) is 9.01. The number of rotatable bonds is 1. The topological polar surface area (TPSA) is 12.4 Å². The number of aliphatic imine (C=N–C) groups is 1. The molecule has 0 saturated heterocycles. The van der Waals surface area contributed by atoms with Gasteiger partial charge in [-0.3, -0.25) is 4.99 Å². The minimum atomic E-state index is 0.288. The van der Waals surface area contributed by atoms with E-state index in [1.807, 2.05) is 12.3 Å². The van der Waals surface area contributed by atoms with E-state index in [-0.39, 0.29) is 6.04 Å². The maximum Gasteiger partial charge on any atom is 0.0789 e. The lowest BCUT2D eigenvalue weighted by Gasteiger charge is -2.15. The summed E-state index contributed by atoms with van der Waals surface area (Å²) in [5.74, 6) is 0. The first-order chi connectivity index (χ1) is 7.95. The van der Waals surface area contributed by atoms with E-state index < -0.39 is 0 Å². The normalized spacial score (nSPS) is 19.1. The highest BCUT2D eigenvalue weighted by Gasteiger charge is 2.11. The fraction of sp³-hybridized carbons (Fsp3) is 0.133. The third-order valence-electron chi connectivity index (χ3n) is 3.03. The van der Waals surface area contributed by atoms with Crippen molar-refractivity contribution >= 4 is 17.0 Å². The first kappa shape index (κ1) is 9.34. The maximum absolute atomic E-state index is 4.54. The van der Waals surface area contributed by atoms with Gasteiger partial charge in [0, 0.05) is 6.21 Å². The number of allylic oxidation sites excluding steroid dienone is 1. The van der Waals surface area contributed by atoms with Gasteiger partial charge in [0.15, 0.2) is 0 Å². The summed E-state index contributed by atoms with van der Waals surface area (Å²) in [6.07, 6.45) is 7.10. The molecule has 0 saturated carbocycles. The molecule has 2 aromatic rings. The van der Waals surface area contributed by atoms with Crippen LogP contribution in [-0.2, 0) is 0 Å². The van der Waals surface area contributed by atoms with Gasteiger partial charge in [-0.05, 0) is 28.8 Å². The second-order valence-corrected chi connectivity index (χ2v) is 4.05. The molecule has 1 nitrogen and oxygen atoms in total. The smallest absolute Gasteiger partial charge is 0.0789 e. The average molecular weight is 207 g/mol. The second kappa shape index (κ2) is 3.93. The van der Waals surface area contributed by atoms with E-state index in [2.05, 4.69) is 53.5 Å². The molecule has 0 radical (unpaired) electrons. The number of benzene rings is 2. The van der Waals surface area contributed by atoms with Crippen LogP contribution in [-0.4, -0.2) is 6.21 Å². The largest absolute Gasteiger partial charge is 0.285 e. The van der Waals surface area contributed by atoms with Crippen molar-refractivity contribution in [2.45, 2.75) is 12.5 Å². The Labute approximate surface area is 95.1 Å². The molecule has 0 bridgehead atoms. The highest BCUT2D eigenvalue weighted by atomic mass is 14.8. The Bertz CT molecular complexity index is 561. The molecule has 16 heavy (non-hydrogen) atoms. The molecule has 1 unspecified atom stereocenters. The predicted molar refractivity (Wildman–Crippen MR) is 68.9 cm³/mol. The van der Waals surface area contributed by atoms with E-state index in [1.54, 1.807) is 0 Å². The molecular formula is C15H13N. The molecule has 1 heterocycles. The third kappa shape index (κ3) is 1.54. The van der Waals surface area contributed by atoms with Gasteiger partial charge < -0.3 is 0 Å². The third-order valence-corrected chi connectivity index (χ3v) is 3.03. The van der Waals surface area contributed by atoms with Crippen molar-refractivity contribution < 1.29 is 0 Å².